The largest absolute Gasteiger partial charge is 0.490 e. The molecule has 0 saturated carbocycles. The summed E-state index contributed by atoms with van der Waals surface area (Å²) in [5, 5.41) is 3.93. The van der Waals surface area contributed by atoms with Crippen LogP contribution in [0.1, 0.15) is 32.0 Å². The summed E-state index contributed by atoms with van der Waals surface area (Å²) in [4.78, 5) is 4.29. The minimum absolute atomic E-state index is 0.0415. The highest BCUT2D eigenvalue weighted by Gasteiger charge is 2.14. The molecular weight excluding hydrogens is 312 g/mol. The van der Waals surface area contributed by atoms with E-state index in [-0.39, 0.29) is 6.10 Å². The smallest absolute Gasteiger partial charge is 0.180 e. The first kappa shape index (κ1) is 17.6. The van der Waals surface area contributed by atoms with E-state index in [9.17, 15) is 0 Å². The second-order valence-electron chi connectivity index (χ2n) is 5.43. The molecule has 1 aromatic carbocycles. The number of hydrogen-bond acceptors (Lipinski definition) is 4. The predicted octanol–water partition coefficient (Wildman–Crippen LogP) is 4.21. The van der Waals surface area contributed by atoms with E-state index in [1.165, 1.54) is 0 Å². The van der Waals surface area contributed by atoms with E-state index in [4.69, 9.17) is 21.1 Å². The topological polar surface area (TPSA) is 43.4 Å². The zero-order valence-corrected chi connectivity index (χ0v) is 14.6. The summed E-state index contributed by atoms with van der Waals surface area (Å²) in [5.41, 5.74) is 2.05. The molecule has 0 radical (unpaired) electrons. The summed E-state index contributed by atoms with van der Waals surface area (Å²) in [7, 11) is 0. The van der Waals surface area contributed by atoms with Gasteiger partial charge in [-0.2, -0.15) is 0 Å². The molecular formula is C18H23ClN2O2. The average Bonchev–Trinajstić information content (AvgIpc) is 2.52. The minimum Gasteiger partial charge on any atom is -0.490 e. The van der Waals surface area contributed by atoms with Crippen LogP contribution in [0, 0.1) is 0 Å². The van der Waals surface area contributed by atoms with Gasteiger partial charge < -0.3 is 14.8 Å². The third-order valence-electron chi connectivity index (χ3n) is 3.08. The molecule has 1 heterocycles. The molecule has 23 heavy (non-hydrogen) atoms. The summed E-state index contributed by atoms with van der Waals surface area (Å²) in [5.74, 6) is 1.29. The first-order valence-electron chi connectivity index (χ1n) is 7.82. The Labute approximate surface area is 142 Å². The molecule has 0 amide bonds. The van der Waals surface area contributed by atoms with Crippen molar-refractivity contribution in [1.82, 2.24) is 10.3 Å². The Bertz CT molecular complexity index is 618. The molecule has 1 aromatic heterocycles. The van der Waals surface area contributed by atoms with Gasteiger partial charge in [-0.25, -0.2) is 0 Å². The van der Waals surface area contributed by atoms with Crippen LogP contribution in [0.5, 0.6) is 11.5 Å². The van der Waals surface area contributed by atoms with Gasteiger partial charge in [0, 0.05) is 19.3 Å². The molecule has 0 aliphatic carbocycles. The van der Waals surface area contributed by atoms with Gasteiger partial charge in [-0.1, -0.05) is 17.7 Å². The van der Waals surface area contributed by atoms with Gasteiger partial charge in [0.2, 0.25) is 0 Å². The minimum atomic E-state index is 0.0415. The molecule has 0 saturated heterocycles. The van der Waals surface area contributed by atoms with E-state index >= 15 is 0 Å². The van der Waals surface area contributed by atoms with Crippen LogP contribution in [0.3, 0.4) is 0 Å². The van der Waals surface area contributed by atoms with E-state index in [0.717, 1.165) is 11.3 Å². The van der Waals surface area contributed by atoms with Crippen molar-refractivity contribution >= 4 is 11.6 Å². The number of benzene rings is 1. The van der Waals surface area contributed by atoms with Gasteiger partial charge in [-0.15, -0.1) is 0 Å². The van der Waals surface area contributed by atoms with Crippen molar-refractivity contribution in [3.63, 3.8) is 0 Å². The lowest BCUT2D eigenvalue weighted by Crippen LogP contribution is -2.14. The van der Waals surface area contributed by atoms with E-state index in [1.807, 2.05) is 51.1 Å². The maximum absolute atomic E-state index is 6.37. The molecule has 0 aliphatic heterocycles. The highest BCUT2D eigenvalue weighted by atomic mass is 35.5. The van der Waals surface area contributed by atoms with Crippen molar-refractivity contribution in [3.8, 4) is 11.5 Å². The van der Waals surface area contributed by atoms with Crippen LogP contribution in [0.15, 0.2) is 36.5 Å². The lowest BCUT2D eigenvalue weighted by molar-refractivity contribution is 0.224. The number of nitrogens with one attached hydrogen (secondary N) is 1. The van der Waals surface area contributed by atoms with Crippen molar-refractivity contribution in [3.05, 3.63) is 52.8 Å². The molecule has 0 spiro atoms. The Kier molecular flexibility index (Phi) is 6.68. The van der Waals surface area contributed by atoms with E-state index in [2.05, 4.69) is 10.3 Å². The van der Waals surface area contributed by atoms with Gasteiger partial charge in [-0.3, -0.25) is 4.98 Å². The third-order valence-corrected chi connectivity index (χ3v) is 3.36. The summed E-state index contributed by atoms with van der Waals surface area (Å²) in [6.45, 7) is 7.82. The molecule has 0 fully saturated rings. The highest BCUT2D eigenvalue weighted by molar-refractivity contribution is 6.32. The maximum atomic E-state index is 6.37. The maximum Gasteiger partial charge on any atom is 0.180 e. The van der Waals surface area contributed by atoms with Gasteiger partial charge in [0.1, 0.15) is 0 Å². The second-order valence-corrected chi connectivity index (χ2v) is 5.84. The van der Waals surface area contributed by atoms with E-state index < -0.39 is 0 Å². The van der Waals surface area contributed by atoms with Gasteiger partial charge in [0.15, 0.2) is 11.5 Å². The molecule has 2 rings (SSSR count). The van der Waals surface area contributed by atoms with Gasteiger partial charge in [0.25, 0.3) is 0 Å². The van der Waals surface area contributed by atoms with Gasteiger partial charge >= 0.3 is 0 Å². The first-order valence-corrected chi connectivity index (χ1v) is 8.20. The fourth-order valence-electron chi connectivity index (χ4n) is 2.17. The number of ether oxygens (including phenoxy) is 2. The van der Waals surface area contributed by atoms with Crippen LogP contribution in [0.25, 0.3) is 0 Å². The van der Waals surface area contributed by atoms with Crippen molar-refractivity contribution in [2.24, 2.45) is 0 Å². The fraction of sp³-hybridized carbons (Fsp3) is 0.389. The molecule has 1 N–H and O–H groups in total. The second kappa shape index (κ2) is 8.75. The van der Waals surface area contributed by atoms with Gasteiger partial charge in [-0.05, 0) is 50.6 Å². The molecule has 5 heteroatoms. The Morgan fingerprint density at radius 2 is 2.04 bits per heavy atom. The number of aromatic nitrogens is 1. The van der Waals surface area contributed by atoms with E-state index in [0.29, 0.717) is 36.2 Å². The molecule has 0 atom stereocenters. The molecule has 124 valence electrons. The van der Waals surface area contributed by atoms with Crippen molar-refractivity contribution < 1.29 is 9.47 Å². The highest BCUT2D eigenvalue weighted by Crippen LogP contribution is 2.37. The van der Waals surface area contributed by atoms with Gasteiger partial charge in [0.05, 0.1) is 23.4 Å². The van der Waals surface area contributed by atoms with Crippen molar-refractivity contribution in [2.45, 2.75) is 40.0 Å². The monoisotopic (exact) mass is 334 g/mol. The number of halogens is 1. The van der Waals surface area contributed by atoms with Crippen LogP contribution in [-0.2, 0) is 13.1 Å². The predicted molar refractivity (Wildman–Crippen MR) is 93.2 cm³/mol. The lowest BCUT2D eigenvalue weighted by Gasteiger charge is -2.17. The number of nitrogens with zero attached hydrogens (tertiary/aromatic N) is 1. The zero-order valence-electron chi connectivity index (χ0n) is 13.8. The van der Waals surface area contributed by atoms with Crippen LogP contribution in [0.4, 0.5) is 0 Å². The summed E-state index contributed by atoms with van der Waals surface area (Å²) >= 11 is 6.37. The first-order chi connectivity index (χ1) is 11.1. The quantitative estimate of drug-likeness (QED) is 0.785. The third kappa shape index (κ3) is 5.41. The fourth-order valence-corrected chi connectivity index (χ4v) is 2.45. The van der Waals surface area contributed by atoms with Crippen LogP contribution < -0.4 is 14.8 Å². The van der Waals surface area contributed by atoms with Crippen molar-refractivity contribution in [2.75, 3.05) is 6.61 Å². The zero-order chi connectivity index (χ0) is 16.7. The molecule has 0 aliphatic rings. The summed E-state index contributed by atoms with van der Waals surface area (Å²) < 4.78 is 11.4. The Morgan fingerprint density at radius 3 is 2.70 bits per heavy atom. The average molecular weight is 335 g/mol. The van der Waals surface area contributed by atoms with Crippen LogP contribution >= 0.6 is 11.6 Å². The number of rotatable bonds is 8. The summed E-state index contributed by atoms with van der Waals surface area (Å²) in [6, 6.07) is 9.76. The van der Waals surface area contributed by atoms with Crippen LogP contribution in [-0.4, -0.2) is 17.7 Å². The number of hydrogen-bond donors (Lipinski definition) is 1. The van der Waals surface area contributed by atoms with Crippen molar-refractivity contribution in [1.29, 1.82) is 0 Å². The Balaban J connectivity index is 2.06. The SMILES string of the molecule is CCOc1cc(CNCc2ccccn2)cc(Cl)c1OC(C)C. The molecule has 0 bridgehead atoms. The van der Waals surface area contributed by atoms with E-state index in [1.54, 1.807) is 6.20 Å². The van der Waals surface area contributed by atoms with Crippen LogP contribution in [0.2, 0.25) is 5.02 Å². The molecule has 2 aromatic rings. The Hall–Kier alpha value is -1.78. The molecule has 4 nitrogen and oxygen atoms in total. The number of pyridine rings is 1. The lowest BCUT2D eigenvalue weighted by atomic mass is 10.2. The Morgan fingerprint density at radius 1 is 1.22 bits per heavy atom. The normalized spacial score (nSPS) is 10.8. The summed E-state index contributed by atoms with van der Waals surface area (Å²) in [6.07, 6.45) is 1.83. The standard InChI is InChI=1S/C18H23ClN2O2/c1-4-22-17-10-14(9-16(19)18(17)23-13(2)3)11-20-12-15-7-5-6-8-21-15/h5-10,13,20H,4,11-12H2,1-3H3. The molecule has 0 unspecified atom stereocenters.